The maximum Gasteiger partial charge on any atom is 0.337 e. The summed E-state index contributed by atoms with van der Waals surface area (Å²) in [5.41, 5.74) is -0.0404. The first-order chi connectivity index (χ1) is 11.9. The zero-order valence-corrected chi connectivity index (χ0v) is 12.7. The lowest BCUT2D eigenvalue weighted by Gasteiger charge is -2.15. The van der Waals surface area contributed by atoms with Gasteiger partial charge in [-0.2, -0.15) is 0 Å². The summed E-state index contributed by atoms with van der Waals surface area (Å²) >= 11 is 0. The number of benzene rings is 2. The number of amides is 3. The number of nitrogens with one attached hydrogen (secondary N) is 1. The number of imide groups is 1. The summed E-state index contributed by atoms with van der Waals surface area (Å²) in [6, 6.07) is 9.33. The molecular weight excluding hydrogens is 328 g/mol. The highest BCUT2D eigenvalue weighted by atomic mass is 16.4. The van der Waals surface area contributed by atoms with Gasteiger partial charge in [0.25, 0.3) is 11.8 Å². The van der Waals surface area contributed by atoms with Crippen molar-refractivity contribution in [3.05, 3.63) is 59.2 Å². The van der Waals surface area contributed by atoms with Crippen molar-refractivity contribution in [2.45, 2.75) is 0 Å². The van der Waals surface area contributed by atoms with Crippen LogP contribution in [0.4, 0.5) is 5.69 Å². The number of carbonyl (C=O) groups excluding carboxylic acids is 3. The maximum atomic E-state index is 12.2. The van der Waals surface area contributed by atoms with Crippen LogP contribution >= 0.6 is 0 Å². The van der Waals surface area contributed by atoms with Crippen molar-refractivity contribution in [1.29, 1.82) is 0 Å². The number of carbonyl (C=O) groups is 4. The number of carboxylic acid groups (broad SMARTS) is 1. The Morgan fingerprint density at radius 2 is 1.64 bits per heavy atom. The van der Waals surface area contributed by atoms with Gasteiger partial charge in [0.15, 0.2) is 0 Å². The Kier molecular flexibility index (Phi) is 3.94. The summed E-state index contributed by atoms with van der Waals surface area (Å²) in [5.74, 6) is -3.84. The molecule has 0 atom stereocenters. The van der Waals surface area contributed by atoms with Gasteiger partial charge in [-0.3, -0.25) is 19.3 Å². The lowest BCUT2D eigenvalue weighted by molar-refractivity contribution is -0.268. The summed E-state index contributed by atoms with van der Waals surface area (Å²) in [4.78, 5) is 48.5. The van der Waals surface area contributed by atoms with E-state index in [-0.39, 0.29) is 22.4 Å². The summed E-state index contributed by atoms with van der Waals surface area (Å²) < 4.78 is 0. The van der Waals surface area contributed by atoms with Crippen LogP contribution in [-0.4, -0.2) is 40.2 Å². The fraction of sp³-hybridized carbons (Fsp3) is 0.0588. The molecule has 8 heteroatoms. The first-order valence-corrected chi connectivity index (χ1v) is 7.18. The number of anilines is 1. The molecule has 126 valence electrons. The number of fused-ring (bicyclic) bond motifs is 1. The van der Waals surface area contributed by atoms with Crippen LogP contribution in [0.3, 0.4) is 0 Å². The van der Waals surface area contributed by atoms with E-state index in [4.69, 9.17) is 5.11 Å². The average molecular weight is 339 g/mol. The Balaban J connectivity index is 1.78. The molecule has 0 saturated heterocycles. The number of hydrogen-bond donors (Lipinski definition) is 2. The molecular formula is C17H11N2O6-. The van der Waals surface area contributed by atoms with Crippen LogP contribution in [0.25, 0.3) is 0 Å². The standard InChI is InChI=1S/C17H12N2O6/c20-9-5-6-13(12(7-9)17(24)25)18-14(21)8-19-15(22)10-3-1-2-4-11(10)16(19)23/h1-7,20H,8H2,(H,18,21)(H,24,25)/p-1. The molecule has 0 aliphatic carbocycles. The van der Waals surface area contributed by atoms with Gasteiger partial charge >= 0.3 is 5.97 Å². The van der Waals surface area contributed by atoms with Gasteiger partial charge < -0.3 is 15.5 Å². The molecule has 3 rings (SSSR count). The number of rotatable bonds is 4. The number of hydrogen-bond acceptors (Lipinski definition) is 5. The number of aromatic carboxylic acids is 1. The number of nitrogens with zero attached hydrogens (tertiary/aromatic N) is 1. The summed E-state index contributed by atoms with van der Waals surface area (Å²) in [7, 11) is 0. The van der Waals surface area contributed by atoms with Crippen LogP contribution in [0.1, 0.15) is 31.1 Å². The van der Waals surface area contributed by atoms with E-state index in [0.717, 1.165) is 23.1 Å². The van der Waals surface area contributed by atoms with Crippen molar-refractivity contribution in [3.8, 4) is 5.75 Å². The minimum absolute atomic E-state index is 0.0892. The second-order valence-corrected chi connectivity index (χ2v) is 5.30. The molecule has 0 fully saturated rings. The topological polar surface area (TPSA) is 127 Å². The monoisotopic (exact) mass is 339 g/mol. The van der Waals surface area contributed by atoms with Crippen LogP contribution in [0.15, 0.2) is 42.5 Å². The number of carboxylic acids is 1. The van der Waals surface area contributed by atoms with Crippen LogP contribution in [0.5, 0.6) is 5.75 Å². The summed E-state index contributed by atoms with van der Waals surface area (Å²) in [5, 5.41) is 22.6. The molecule has 0 bridgehead atoms. The molecule has 1 aliphatic heterocycles. The zero-order chi connectivity index (χ0) is 18.1. The molecule has 25 heavy (non-hydrogen) atoms. The first-order valence-electron chi connectivity index (χ1n) is 7.18. The van der Waals surface area contributed by atoms with Crippen molar-refractivity contribution in [1.82, 2.24) is 4.90 Å². The van der Waals surface area contributed by atoms with Crippen LogP contribution in [-0.2, 0) is 4.79 Å². The second kappa shape index (κ2) is 6.08. The van der Waals surface area contributed by atoms with Crippen LogP contribution < -0.4 is 10.4 Å². The van der Waals surface area contributed by atoms with E-state index in [1.165, 1.54) is 12.1 Å². The van der Waals surface area contributed by atoms with E-state index in [9.17, 15) is 24.3 Å². The third kappa shape index (κ3) is 2.92. The Labute approximate surface area is 141 Å². The van der Waals surface area contributed by atoms with Crippen molar-refractivity contribution >= 4 is 29.4 Å². The lowest BCUT2D eigenvalue weighted by atomic mass is 10.1. The third-order valence-corrected chi connectivity index (χ3v) is 3.68. The van der Waals surface area contributed by atoms with Crippen molar-refractivity contribution in [3.63, 3.8) is 0 Å². The highest BCUT2D eigenvalue weighted by Gasteiger charge is 2.36. The molecule has 0 unspecified atom stereocenters. The van der Waals surface area contributed by atoms with Gasteiger partial charge in [-0.25, -0.2) is 4.79 Å². The molecule has 0 spiro atoms. The van der Waals surface area contributed by atoms with Crippen LogP contribution in [0.2, 0.25) is 0 Å². The Morgan fingerprint density at radius 1 is 1.04 bits per heavy atom. The molecule has 1 aliphatic rings. The lowest BCUT2D eigenvalue weighted by Crippen LogP contribution is -2.37. The van der Waals surface area contributed by atoms with E-state index >= 15 is 0 Å². The van der Waals surface area contributed by atoms with Crippen molar-refractivity contribution < 1.29 is 29.4 Å². The quantitative estimate of drug-likeness (QED) is 0.789. The molecule has 2 N–H and O–H groups in total. The predicted molar refractivity (Wildman–Crippen MR) is 83.3 cm³/mol. The summed E-state index contributed by atoms with van der Waals surface area (Å²) in [6.07, 6.45) is 0. The smallest absolute Gasteiger partial charge is 0.337 e. The Bertz CT molecular complexity index is 886. The highest BCUT2D eigenvalue weighted by molar-refractivity contribution is 6.22. The molecule has 2 aromatic carbocycles. The van der Waals surface area contributed by atoms with E-state index in [0.29, 0.717) is 0 Å². The third-order valence-electron chi connectivity index (χ3n) is 3.68. The van der Waals surface area contributed by atoms with E-state index < -0.39 is 36.0 Å². The SMILES string of the molecule is O=C(CN1C(=O)c2ccccc2C1=O)Nc1ccc([O-])cc1C(=O)O. The molecule has 8 nitrogen and oxygen atoms in total. The molecule has 0 aromatic heterocycles. The van der Waals surface area contributed by atoms with Gasteiger partial charge in [0.2, 0.25) is 5.91 Å². The molecule has 0 saturated carbocycles. The normalized spacial score (nSPS) is 12.9. The van der Waals surface area contributed by atoms with Gasteiger partial charge in [0.1, 0.15) is 6.54 Å². The summed E-state index contributed by atoms with van der Waals surface area (Å²) in [6.45, 7) is -0.565. The second-order valence-electron chi connectivity index (χ2n) is 5.30. The maximum absolute atomic E-state index is 12.2. The fourth-order valence-electron chi connectivity index (χ4n) is 2.53. The van der Waals surface area contributed by atoms with Gasteiger partial charge in [0, 0.05) is 0 Å². The Hall–Kier alpha value is -3.68. The zero-order valence-electron chi connectivity index (χ0n) is 12.7. The average Bonchev–Trinajstić information content (AvgIpc) is 2.82. The van der Waals surface area contributed by atoms with Crippen LogP contribution in [0, 0.1) is 0 Å². The Morgan fingerprint density at radius 3 is 2.20 bits per heavy atom. The fourth-order valence-corrected chi connectivity index (χ4v) is 2.53. The van der Waals surface area contributed by atoms with Crippen molar-refractivity contribution in [2.75, 3.05) is 11.9 Å². The van der Waals surface area contributed by atoms with Gasteiger partial charge in [-0.05, 0) is 18.2 Å². The largest absolute Gasteiger partial charge is 0.872 e. The van der Waals surface area contributed by atoms with Gasteiger partial charge in [-0.1, -0.05) is 24.3 Å². The first kappa shape index (κ1) is 16.2. The highest BCUT2D eigenvalue weighted by Crippen LogP contribution is 2.23. The predicted octanol–water partition coefficient (Wildman–Crippen LogP) is 0.693. The van der Waals surface area contributed by atoms with E-state index in [1.807, 2.05) is 0 Å². The molecule has 2 aromatic rings. The molecule has 1 heterocycles. The minimum Gasteiger partial charge on any atom is -0.872 e. The van der Waals surface area contributed by atoms with Crippen molar-refractivity contribution in [2.24, 2.45) is 0 Å². The molecule has 0 radical (unpaired) electrons. The molecule has 3 amide bonds. The van der Waals surface area contributed by atoms with E-state index in [2.05, 4.69) is 5.32 Å². The minimum atomic E-state index is -1.38. The van der Waals surface area contributed by atoms with Gasteiger partial charge in [-0.15, -0.1) is 5.75 Å². The van der Waals surface area contributed by atoms with Gasteiger partial charge in [0.05, 0.1) is 22.4 Å². The van der Waals surface area contributed by atoms with E-state index in [1.54, 1.807) is 12.1 Å².